The number of alkyl halides is 1. The van der Waals surface area contributed by atoms with E-state index < -0.39 is 3.55 Å². The maximum Gasteiger partial charge on any atom is 0.152 e. The summed E-state index contributed by atoms with van der Waals surface area (Å²) in [6.07, 6.45) is 1.57. The van der Waals surface area contributed by atoms with Gasteiger partial charge in [-0.1, -0.05) is 34.7 Å². The number of benzene rings is 2. The maximum atomic E-state index is 11.3. The van der Waals surface area contributed by atoms with E-state index in [0.29, 0.717) is 17.9 Å². The Balaban J connectivity index is 2.07. The summed E-state index contributed by atoms with van der Waals surface area (Å²) >= 11 is 6.37. The van der Waals surface area contributed by atoms with Gasteiger partial charge in [0.2, 0.25) is 0 Å². The first-order valence-electron chi connectivity index (χ1n) is 6.26. The molecule has 7 heteroatoms. The van der Waals surface area contributed by atoms with Crippen LogP contribution < -0.4 is 4.74 Å². The first-order chi connectivity index (χ1) is 10.4. The number of hydrogen-bond donors (Lipinski definition) is 1. The van der Waals surface area contributed by atoms with Crippen LogP contribution in [0, 0.1) is 0 Å². The van der Waals surface area contributed by atoms with E-state index in [1.165, 1.54) is 0 Å². The zero-order valence-corrected chi connectivity index (χ0v) is 17.7. The second-order valence-corrected chi connectivity index (χ2v) is 10.2. The Morgan fingerprint density at radius 1 is 1.05 bits per heavy atom. The van der Waals surface area contributed by atoms with Gasteiger partial charge in [0.05, 0.1) is 0 Å². The van der Waals surface area contributed by atoms with Gasteiger partial charge in [-0.15, -0.1) is 0 Å². The quantitative estimate of drug-likeness (QED) is 0.159. The van der Waals surface area contributed by atoms with E-state index in [2.05, 4.69) is 68.3 Å². The van der Waals surface area contributed by atoms with Crippen molar-refractivity contribution in [3.63, 3.8) is 0 Å². The predicted molar refractivity (Wildman–Crippen MR) is 111 cm³/mol. The van der Waals surface area contributed by atoms with Crippen molar-refractivity contribution in [3.05, 3.63) is 54.1 Å². The molecule has 0 aromatic heterocycles. The third-order valence-corrected chi connectivity index (χ3v) is 7.60. The highest BCUT2D eigenvalue weighted by Gasteiger charge is 2.31. The number of carbonyl (C=O) groups is 1. The molecule has 0 spiro atoms. The van der Waals surface area contributed by atoms with Gasteiger partial charge in [0.25, 0.3) is 0 Å². The molecule has 0 heterocycles. The van der Waals surface area contributed by atoms with Gasteiger partial charge >= 0.3 is 0 Å². The van der Waals surface area contributed by atoms with Crippen molar-refractivity contribution < 1.29 is 14.6 Å². The van der Waals surface area contributed by atoms with E-state index in [9.17, 15) is 9.90 Å². The number of carbonyl (C=O) groups excluding carboxylic acids is 1. The second kappa shape index (κ2) is 8.11. The lowest BCUT2D eigenvalue weighted by molar-refractivity contribution is -0.110. The topological polar surface area (TPSA) is 49.8 Å². The van der Waals surface area contributed by atoms with Crippen LogP contribution in [0.4, 0.5) is 0 Å². The van der Waals surface area contributed by atoms with Crippen molar-refractivity contribution in [1.82, 2.24) is 1.33 Å². The Morgan fingerprint density at radius 3 is 2.00 bits per heavy atom. The lowest BCUT2D eigenvalue weighted by Crippen LogP contribution is -2.34. The number of rotatable bonds is 6. The zero-order valence-electron chi connectivity index (χ0n) is 11.2. The number of aromatic hydroxyl groups is 1. The molecule has 0 saturated heterocycles. The monoisotopic (exact) mass is 635 g/mol. The van der Waals surface area contributed by atoms with Gasteiger partial charge in [0, 0.05) is 52.1 Å². The SMILES string of the molecule is O=C[C@](I)(Cc1ccc(Oc2ccc(O)cc2)cc1)N(I)I. The van der Waals surface area contributed by atoms with E-state index in [1.54, 1.807) is 24.3 Å². The van der Waals surface area contributed by atoms with Crippen LogP contribution in [-0.2, 0) is 11.2 Å². The van der Waals surface area contributed by atoms with Crippen molar-refractivity contribution in [2.75, 3.05) is 0 Å². The van der Waals surface area contributed by atoms with Crippen LogP contribution >= 0.6 is 68.3 Å². The molecule has 22 heavy (non-hydrogen) atoms. The summed E-state index contributed by atoms with van der Waals surface area (Å²) < 4.78 is 6.97. The molecule has 0 radical (unpaired) electrons. The van der Waals surface area contributed by atoms with Crippen LogP contribution in [0.2, 0.25) is 0 Å². The number of phenolic OH excluding ortho intramolecular Hbond substituents is 1. The van der Waals surface area contributed by atoms with Gasteiger partial charge in [-0.3, -0.25) is 0 Å². The first kappa shape index (κ1) is 18.2. The fourth-order valence-electron chi connectivity index (χ4n) is 1.75. The summed E-state index contributed by atoms with van der Waals surface area (Å²) in [5, 5.41) is 9.25. The molecule has 0 amide bonds. The highest BCUT2D eigenvalue weighted by atomic mass is 127. The van der Waals surface area contributed by atoms with E-state index in [-0.39, 0.29) is 5.75 Å². The Kier molecular flexibility index (Phi) is 6.71. The smallest absolute Gasteiger partial charge is 0.152 e. The molecule has 1 atom stereocenters. The van der Waals surface area contributed by atoms with Crippen LogP contribution in [0.1, 0.15) is 5.56 Å². The summed E-state index contributed by atoms with van der Waals surface area (Å²) in [7, 11) is 0. The number of ether oxygens (including phenoxy) is 1. The van der Waals surface area contributed by atoms with Crippen LogP contribution in [0.15, 0.2) is 48.5 Å². The van der Waals surface area contributed by atoms with Crippen LogP contribution in [0.3, 0.4) is 0 Å². The van der Waals surface area contributed by atoms with Crippen molar-refractivity contribution >= 4 is 74.6 Å². The van der Waals surface area contributed by atoms with Gasteiger partial charge < -0.3 is 14.6 Å². The number of halogens is 3. The lowest BCUT2D eigenvalue weighted by Gasteiger charge is -2.25. The molecule has 0 unspecified atom stereocenters. The van der Waals surface area contributed by atoms with Gasteiger partial charge in [-0.25, -0.2) is 0 Å². The average molecular weight is 635 g/mol. The minimum atomic E-state index is -0.571. The molecule has 4 nitrogen and oxygen atoms in total. The van der Waals surface area contributed by atoms with Crippen LogP contribution in [-0.4, -0.2) is 16.3 Å². The number of hydrogen-bond acceptors (Lipinski definition) is 4. The molecule has 0 fully saturated rings. The second-order valence-electron chi connectivity index (χ2n) is 4.59. The van der Waals surface area contributed by atoms with Gasteiger partial charge in [-0.05, 0) is 42.0 Å². The van der Waals surface area contributed by atoms with Gasteiger partial charge in [-0.2, -0.15) is 1.33 Å². The Morgan fingerprint density at radius 2 is 1.55 bits per heavy atom. The summed E-state index contributed by atoms with van der Waals surface area (Å²) in [5.41, 5.74) is 1.05. The summed E-state index contributed by atoms with van der Waals surface area (Å²) in [5.74, 6) is 1.57. The lowest BCUT2D eigenvalue weighted by atomic mass is 10.1. The molecule has 2 aromatic rings. The molecular formula is C15H12I3NO3. The minimum absolute atomic E-state index is 0.206. The fraction of sp³-hybridized carbons (Fsp3) is 0.133. The molecule has 1 N–H and O–H groups in total. The third-order valence-electron chi connectivity index (χ3n) is 2.91. The number of phenols is 1. The molecule has 0 aliphatic rings. The summed E-state index contributed by atoms with van der Waals surface area (Å²) in [4.78, 5) is 11.3. The molecule has 0 aliphatic heterocycles. The predicted octanol–water partition coefficient (Wildman–Crippen LogP) is 5.06. The van der Waals surface area contributed by atoms with Crippen molar-refractivity contribution in [1.29, 1.82) is 0 Å². The molecular weight excluding hydrogens is 623 g/mol. The van der Waals surface area contributed by atoms with Crippen molar-refractivity contribution in [2.45, 2.75) is 9.97 Å². The Hall–Kier alpha value is -0.140. The molecule has 2 aromatic carbocycles. The van der Waals surface area contributed by atoms with Crippen LogP contribution in [0.5, 0.6) is 17.2 Å². The maximum absolute atomic E-state index is 11.3. The largest absolute Gasteiger partial charge is 0.508 e. The summed E-state index contributed by atoms with van der Waals surface area (Å²) in [6, 6.07) is 14.2. The van der Waals surface area contributed by atoms with Crippen molar-refractivity contribution in [3.8, 4) is 17.2 Å². The average Bonchev–Trinajstić information content (AvgIpc) is 2.51. The Bertz CT molecular complexity index is 631. The zero-order chi connectivity index (χ0) is 16.2. The molecule has 0 saturated carbocycles. The summed E-state index contributed by atoms with van der Waals surface area (Å²) in [6.45, 7) is 0. The number of nitrogens with zero attached hydrogens (tertiary/aromatic N) is 1. The fourth-order valence-corrected chi connectivity index (χ4v) is 2.76. The van der Waals surface area contributed by atoms with Gasteiger partial charge in [0.15, 0.2) is 9.83 Å². The normalized spacial score (nSPS) is 13.6. The van der Waals surface area contributed by atoms with E-state index >= 15 is 0 Å². The molecule has 2 rings (SSSR count). The molecule has 0 aliphatic carbocycles. The van der Waals surface area contributed by atoms with Crippen molar-refractivity contribution in [2.24, 2.45) is 0 Å². The first-order valence-corrected chi connectivity index (χ1v) is 9.27. The molecule has 116 valence electrons. The van der Waals surface area contributed by atoms with Crippen LogP contribution in [0.25, 0.3) is 0 Å². The van der Waals surface area contributed by atoms with E-state index in [1.807, 2.05) is 25.6 Å². The standard InChI is InChI=1S/C15H12I3NO3/c16-15(10-20,19(17)18)9-11-1-5-13(6-2-11)22-14-7-3-12(21)4-8-14/h1-8,10,21H,9H2/t15-/m0/s1. The Labute approximate surface area is 170 Å². The van der Waals surface area contributed by atoms with E-state index in [0.717, 1.165) is 11.8 Å². The minimum Gasteiger partial charge on any atom is -0.508 e. The van der Waals surface area contributed by atoms with E-state index in [4.69, 9.17) is 4.74 Å². The highest BCUT2D eigenvalue weighted by Crippen LogP contribution is 2.33. The van der Waals surface area contributed by atoms with Gasteiger partial charge in [0.1, 0.15) is 17.2 Å². The number of aldehydes is 1. The third kappa shape index (κ3) is 4.93. The highest BCUT2D eigenvalue weighted by molar-refractivity contribution is 14.2. The molecule has 0 bridgehead atoms.